The number of nitrogens with zero attached hydrogens (tertiary/aromatic N) is 3. The summed E-state index contributed by atoms with van der Waals surface area (Å²) in [7, 11) is 2.13. The second kappa shape index (κ2) is 5.94. The molecule has 0 aliphatic heterocycles. The molecule has 140 valence electrons. The number of aromatic nitrogens is 3. The fourth-order valence-corrected chi connectivity index (χ4v) is 5.20. The van der Waals surface area contributed by atoms with Gasteiger partial charge in [-0.15, -0.1) is 0 Å². The summed E-state index contributed by atoms with van der Waals surface area (Å²) in [6.45, 7) is 0. The van der Waals surface area contributed by atoms with Crippen LogP contribution in [0.1, 0.15) is 38.5 Å². The van der Waals surface area contributed by atoms with Crippen LogP contribution < -0.4 is 4.90 Å². The lowest BCUT2D eigenvalue weighted by molar-refractivity contribution is -0.144. The van der Waals surface area contributed by atoms with E-state index in [2.05, 4.69) is 39.0 Å². The summed E-state index contributed by atoms with van der Waals surface area (Å²) in [6, 6.07) is 8.71. The molecule has 2 N–H and O–H groups in total. The number of hydrogen-bond acceptors (Lipinski definition) is 4. The van der Waals surface area contributed by atoms with Crippen molar-refractivity contribution in [2.24, 2.45) is 11.3 Å². The van der Waals surface area contributed by atoms with Crippen LogP contribution in [0.4, 0.5) is 5.82 Å². The maximum atomic E-state index is 11.2. The van der Waals surface area contributed by atoms with Crippen molar-refractivity contribution in [1.29, 1.82) is 0 Å². The normalized spacial score (nSPS) is 27.7. The fourth-order valence-electron chi connectivity index (χ4n) is 5.20. The lowest BCUT2D eigenvalue weighted by Crippen LogP contribution is -2.51. The first-order valence-electron chi connectivity index (χ1n) is 9.73. The zero-order valence-corrected chi connectivity index (χ0v) is 15.5. The minimum absolute atomic E-state index is 0.139. The SMILES string of the molecule is CN(c1ncnc2[nH]c3ccccc3c12)C1CC2(CCC(C(=O)O)CC2)C1. The Hall–Kier alpha value is -2.63. The van der Waals surface area contributed by atoms with E-state index in [-0.39, 0.29) is 5.92 Å². The van der Waals surface area contributed by atoms with Gasteiger partial charge in [0.05, 0.1) is 11.3 Å². The Labute approximate surface area is 157 Å². The number of carboxylic acid groups (broad SMARTS) is 1. The summed E-state index contributed by atoms with van der Waals surface area (Å²) in [5.41, 5.74) is 2.31. The summed E-state index contributed by atoms with van der Waals surface area (Å²) in [4.78, 5) is 25.9. The highest BCUT2D eigenvalue weighted by atomic mass is 16.4. The average molecular weight is 364 g/mol. The number of fused-ring (bicyclic) bond motifs is 3. The lowest BCUT2D eigenvalue weighted by atomic mass is 9.56. The molecule has 2 fully saturated rings. The fraction of sp³-hybridized carbons (Fsp3) is 0.476. The van der Waals surface area contributed by atoms with E-state index >= 15 is 0 Å². The van der Waals surface area contributed by atoms with Crippen LogP contribution >= 0.6 is 0 Å². The predicted octanol–water partition coefficient (Wildman–Crippen LogP) is 3.97. The van der Waals surface area contributed by atoms with Crippen molar-refractivity contribution in [2.75, 3.05) is 11.9 Å². The van der Waals surface area contributed by atoms with Crippen LogP contribution in [0.15, 0.2) is 30.6 Å². The van der Waals surface area contributed by atoms with E-state index in [1.807, 2.05) is 12.1 Å². The Bertz CT molecular complexity index is 1010. The van der Waals surface area contributed by atoms with Gasteiger partial charge in [0.15, 0.2) is 0 Å². The molecule has 5 rings (SSSR count). The monoisotopic (exact) mass is 364 g/mol. The van der Waals surface area contributed by atoms with Gasteiger partial charge in [0.2, 0.25) is 0 Å². The smallest absolute Gasteiger partial charge is 0.306 e. The number of nitrogens with one attached hydrogen (secondary N) is 1. The van der Waals surface area contributed by atoms with Gasteiger partial charge >= 0.3 is 5.97 Å². The van der Waals surface area contributed by atoms with E-state index in [1.165, 1.54) is 0 Å². The Morgan fingerprint density at radius 2 is 1.96 bits per heavy atom. The highest BCUT2D eigenvalue weighted by molar-refractivity contribution is 6.11. The highest BCUT2D eigenvalue weighted by Gasteiger charge is 2.48. The first-order chi connectivity index (χ1) is 13.1. The van der Waals surface area contributed by atoms with Crippen LogP contribution in [0, 0.1) is 11.3 Å². The van der Waals surface area contributed by atoms with E-state index in [0.717, 1.165) is 66.3 Å². The molecule has 1 aromatic carbocycles. The summed E-state index contributed by atoms with van der Waals surface area (Å²) >= 11 is 0. The maximum absolute atomic E-state index is 11.2. The van der Waals surface area contributed by atoms with E-state index in [0.29, 0.717) is 11.5 Å². The lowest BCUT2D eigenvalue weighted by Gasteiger charge is -2.54. The molecule has 6 heteroatoms. The standard InChI is InChI=1S/C21H24N4O2/c1-25(14-10-21(11-14)8-6-13(7-9-21)20(26)27)19-17-15-4-2-3-5-16(15)24-18(17)22-12-23-19/h2-5,12-14H,6-11H2,1H3,(H,26,27)(H,22,23,24). The Morgan fingerprint density at radius 3 is 2.70 bits per heavy atom. The number of aliphatic carboxylic acids is 1. The third-order valence-electron chi connectivity index (χ3n) is 6.89. The van der Waals surface area contributed by atoms with Crippen LogP contribution in [0.3, 0.4) is 0 Å². The van der Waals surface area contributed by atoms with E-state index in [1.54, 1.807) is 6.33 Å². The van der Waals surface area contributed by atoms with Gasteiger partial charge in [-0.05, 0) is 50.0 Å². The van der Waals surface area contributed by atoms with Crippen molar-refractivity contribution in [3.63, 3.8) is 0 Å². The van der Waals surface area contributed by atoms with Crippen molar-refractivity contribution in [1.82, 2.24) is 15.0 Å². The third-order valence-corrected chi connectivity index (χ3v) is 6.89. The van der Waals surface area contributed by atoms with E-state index in [4.69, 9.17) is 0 Å². The second-order valence-corrected chi connectivity index (χ2v) is 8.38. The second-order valence-electron chi connectivity index (χ2n) is 8.38. The summed E-state index contributed by atoms with van der Waals surface area (Å²) in [5, 5.41) is 11.5. The van der Waals surface area contributed by atoms with Crippen LogP contribution in [-0.2, 0) is 4.79 Å². The number of aromatic amines is 1. The molecule has 2 aliphatic carbocycles. The molecule has 1 spiro atoms. The minimum atomic E-state index is -0.624. The van der Waals surface area contributed by atoms with E-state index in [9.17, 15) is 9.90 Å². The van der Waals surface area contributed by atoms with Gasteiger partial charge in [-0.3, -0.25) is 4.79 Å². The van der Waals surface area contributed by atoms with Crippen LogP contribution in [0.25, 0.3) is 21.9 Å². The summed E-state index contributed by atoms with van der Waals surface area (Å²) < 4.78 is 0. The Morgan fingerprint density at radius 1 is 1.22 bits per heavy atom. The van der Waals surface area contributed by atoms with E-state index < -0.39 is 5.97 Å². The number of benzene rings is 1. The molecule has 0 saturated heterocycles. The minimum Gasteiger partial charge on any atom is -0.481 e. The van der Waals surface area contributed by atoms with Crippen molar-refractivity contribution in [3.05, 3.63) is 30.6 Å². The third kappa shape index (κ3) is 2.58. The molecule has 2 aromatic heterocycles. The summed E-state index contributed by atoms with van der Waals surface area (Å²) in [6.07, 6.45) is 7.63. The maximum Gasteiger partial charge on any atom is 0.306 e. The summed E-state index contributed by atoms with van der Waals surface area (Å²) in [5.74, 6) is 0.220. The number of H-pyrrole nitrogens is 1. The number of para-hydroxylation sites is 1. The molecule has 2 aliphatic rings. The number of carbonyl (C=O) groups is 1. The largest absolute Gasteiger partial charge is 0.481 e. The van der Waals surface area contributed by atoms with Crippen molar-refractivity contribution >= 4 is 33.7 Å². The number of carboxylic acids is 1. The quantitative estimate of drug-likeness (QED) is 0.735. The number of rotatable bonds is 3. The molecule has 27 heavy (non-hydrogen) atoms. The topological polar surface area (TPSA) is 82.1 Å². The molecule has 2 saturated carbocycles. The van der Waals surface area contributed by atoms with Gasteiger partial charge in [0.25, 0.3) is 0 Å². The average Bonchev–Trinajstić information content (AvgIpc) is 3.04. The zero-order chi connectivity index (χ0) is 18.6. The van der Waals surface area contributed by atoms with Crippen LogP contribution in [0.2, 0.25) is 0 Å². The van der Waals surface area contributed by atoms with Crippen molar-refractivity contribution in [2.45, 2.75) is 44.6 Å². The molecule has 0 radical (unpaired) electrons. The van der Waals surface area contributed by atoms with Gasteiger partial charge in [0, 0.05) is 24.0 Å². The number of anilines is 1. The van der Waals surface area contributed by atoms with Gasteiger partial charge in [-0.25, -0.2) is 9.97 Å². The zero-order valence-electron chi connectivity index (χ0n) is 15.5. The molecular formula is C21H24N4O2. The first-order valence-corrected chi connectivity index (χ1v) is 9.73. The molecule has 2 heterocycles. The Balaban J connectivity index is 1.39. The van der Waals surface area contributed by atoms with Gasteiger partial charge < -0.3 is 15.0 Å². The molecule has 0 atom stereocenters. The molecule has 0 amide bonds. The molecule has 6 nitrogen and oxygen atoms in total. The predicted molar refractivity (Wildman–Crippen MR) is 105 cm³/mol. The molecular weight excluding hydrogens is 340 g/mol. The molecule has 0 unspecified atom stereocenters. The highest BCUT2D eigenvalue weighted by Crippen LogP contribution is 2.54. The van der Waals surface area contributed by atoms with Crippen molar-refractivity contribution < 1.29 is 9.90 Å². The van der Waals surface area contributed by atoms with Gasteiger partial charge in [-0.1, -0.05) is 18.2 Å². The van der Waals surface area contributed by atoms with Crippen LogP contribution in [-0.4, -0.2) is 39.1 Å². The Kier molecular flexibility index (Phi) is 3.64. The van der Waals surface area contributed by atoms with Gasteiger partial charge in [-0.2, -0.15) is 0 Å². The first kappa shape index (κ1) is 16.5. The molecule has 3 aromatic rings. The van der Waals surface area contributed by atoms with Crippen molar-refractivity contribution in [3.8, 4) is 0 Å². The van der Waals surface area contributed by atoms with Crippen LogP contribution in [0.5, 0.6) is 0 Å². The molecule has 0 bridgehead atoms. The number of hydrogen-bond donors (Lipinski definition) is 2. The van der Waals surface area contributed by atoms with Gasteiger partial charge in [0.1, 0.15) is 17.8 Å².